The molecule has 3 nitrogen and oxygen atoms in total. The molecular formula is C27H42N2O. The molecule has 1 aliphatic heterocycles. The van der Waals surface area contributed by atoms with E-state index in [-0.39, 0.29) is 0 Å². The molecule has 0 spiro atoms. The lowest BCUT2D eigenvalue weighted by molar-refractivity contribution is 0.0239. The summed E-state index contributed by atoms with van der Waals surface area (Å²) < 4.78 is 5.86. The largest absolute Gasteiger partial charge is 0.464 e. The first kappa shape index (κ1) is 21.7. The van der Waals surface area contributed by atoms with E-state index in [4.69, 9.17) is 10.2 Å². The lowest BCUT2D eigenvalue weighted by Gasteiger charge is -2.48. The van der Waals surface area contributed by atoms with Crippen LogP contribution in [0.2, 0.25) is 0 Å². The zero-order chi connectivity index (χ0) is 21.4. The van der Waals surface area contributed by atoms with Gasteiger partial charge in [0.2, 0.25) is 0 Å². The minimum absolute atomic E-state index is 0.443. The first-order valence-corrected chi connectivity index (χ1v) is 12.3. The second kappa shape index (κ2) is 8.57. The van der Waals surface area contributed by atoms with E-state index < -0.39 is 0 Å². The Kier molecular flexibility index (Phi) is 6.21. The van der Waals surface area contributed by atoms with E-state index in [1.165, 1.54) is 82.1 Å². The van der Waals surface area contributed by atoms with Crippen molar-refractivity contribution >= 4 is 16.7 Å². The third kappa shape index (κ3) is 4.15. The molecule has 30 heavy (non-hydrogen) atoms. The quantitative estimate of drug-likeness (QED) is 0.523. The topological polar surface area (TPSA) is 42.4 Å². The summed E-state index contributed by atoms with van der Waals surface area (Å²) in [7, 11) is 0. The molecule has 3 heteroatoms. The second-order valence-corrected chi connectivity index (χ2v) is 10.9. The van der Waals surface area contributed by atoms with Gasteiger partial charge in [0.25, 0.3) is 0 Å². The summed E-state index contributed by atoms with van der Waals surface area (Å²) in [6.07, 6.45) is 14.0. The van der Waals surface area contributed by atoms with Crippen LogP contribution in [0.3, 0.4) is 0 Å². The van der Waals surface area contributed by atoms with Crippen LogP contribution in [-0.4, -0.2) is 24.5 Å². The van der Waals surface area contributed by atoms with Crippen molar-refractivity contribution in [3.63, 3.8) is 0 Å². The molecule has 2 heterocycles. The fourth-order valence-electron chi connectivity index (χ4n) is 6.54. The summed E-state index contributed by atoms with van der Waals surface area (Å²) in [6, 6.07) is 4.28. The van der Waals surface area contributed by atoms with Crippen LogP contribution in [0.5, 0.6) is 0 Å². The first-order valence-electron chi connectivity index (χ1n) is 12.3. The van der Waals surface area contributed by atoms with E-state index >= 15 is 0 Å². The number of nitrogens with zero attached hydrogens (tertiary/aromatic N) is 1. The number of hydrogen-bond acceptors (Lipinski definition) is 3. The van der Waals surface area contributed by atoms with Gasteiger partial charge in [0, 0.05) is 17.6 Å². The van der Waals surface area contributed by atoms with Crippen molar-refractivity contribution in [2.45, 2.75) is 85.5 Å². The van der Waals surface area contributed by atoms with E-state index in [0.29, 0.717) is 16.7 Å². The van der Waals surface area contributed by atoms with Crippen molar-refractivity contribution in [3.05, 3.63) is 29.5 Å². The Morgan fingerprint density at radius 3 is 2.50 bits per heavy atom. The van der Waals surface area contributed by atoms with Crippen LogP contribution >= 0.6 is 0 Å². The van der Waals surface area contributed by atoms with Crippen molar-refractivity contribution in [2.75, 3.05) is 25.4 Å². The van der Waals surface area contributed by atoms with Gasteiger partial charge in [0.1, 0.15) is 5.58 Å². The van der Waals surface area contributed by atoms with Gasteiger partial charge in [0.05, 0.1) is 6.26 Å². The molecule has 2 N–H and O–H groups in total. The smallest absolute Gasteiger partial charge is 0.139 e. The summed E-state index contributed by atoms with van der Waals surface area (Å²) >= 11 is 0. The van der Waals surface area contributed by atoms with Crippen LogP contribution < -0.4 is 5.73 Å². The highest BCUT2D eigenvalue weighted by molar-refractivity contribution is 5.93. The van der Waals surface area contributed by atoms with Crippen molar-refractivity contribution < 1.29 is 4.42 Å². The number of nitrogens with two attached hydrogens (primary N) is 1. The lowest BCUT2D eigenvalue weighted by Crippen LogP contribution is -2.47. The SMILES string of the molecule is CCC1(C(C)Cc2cc(C)c(N)c3ccoc23)CCN(CC2(C)CCCCC2)CC1. The molecule has 1 saturated carbocycles. The summed E-state index contributed by atoms with van der Waals surface area (Å²) in [6.45, 7) is 13.4. The Balaban J connectivity index is 1.44. The predicted molar refractivity (Wildman–Crippen MR) is 128 cm³/mol. The highest BCUT2D eigenvalue weighted by Crippen LogP contribution is 2.45. The molecule has 2 aliphatic rings. The van der Waals surface area contributed by atoms with Gasteiger partial charge in [-0.1, -0.05) is 52.5 Å². The van der Waals surface area contributed by atoms with Crippen molar-refractivity contribution in [2.24, 2.45) is 16.7 Å². The number of anilines is 1. The summed E-state index contributed by atoms with van der Waals surface area (Å²) in [5.41, 5.74) is 11.7. The van der Waals surface area contributed by atoms with Gasteiger partial charge in [0.15, 0.2) is 0 Å². The number of fused-ring (bicyclic) bond motifs is 1. The number of furan rings is 1. The van der Waals surface area contributed by atoms with Crippen LogP contribution in [0, 0.1) is 23.7 Å². The zero-order valence-electron chi connectivity index (χ0n) is 19.7. The van der Waals surface area contributed by atoms with Gasteiger partial charge in [-0.25, -0.2) is 0 Å². The van der Waals surface area contributed by atoms with E-state index in [1.54, 1.807) is 6.26 Å². The van der Waals surface area contributed by atoms with Crippen molar-refractivity contribution in [3.8, 4) is 0 Å². The molecule has 1 atom stereocenters. The maximum atomic E-state index is 6.29. The van der Waals surface area contributed by atoms with Crippen LogP contribution in [-0.2, 0) is 6.42 Å². The minimum atomic E-state index is 0.443. The fourth-order valence-corrected chi connectivity index (χ4v) is 6.54. The van der Waals surface area contributed by atoms with Crippen LogP contribution in [0.1, 0.15) is 83.3 Å². The third-order valence-corrected chi connectivity index (χ3v) is 8.86. The molecule has 1 aromatic carbocycles. The normalized spacial score (nSPS) is 22.9. The molecule has 2 fully saturated rings. The minimum Gasteiger partial charge on any atom is -0.464 e. The summed E-state index contributed by atoms with van der Waals surface area (Å²) in [4.78, 5) is 2.78. The Morgan fingerprint density at radius 1 is 1.13 bits per heavy atom. The monoisotopic (exact) mass is 410 g/mol. The number of benzene rings is 1. The summed E-state index contributed by atoms with van der Waals surface area (Å²) in [5, 5.41) is 1.08. The van der Waals surface area contributed by atoms with Crippen molar-refractivity contribution in [1.29, 1.82) is 0 Å². The highest BCUT2D eigenvalue weighted by Gasteiger charge is 2.39. The first-order chi connectivity index (χ1) is 14.4. The van der Waals surface area contributed by atoms with E-state index in [9.17, 15) is 0 Å². The third-order valence-electron chi connectivity index (χ3n) is 8.86. The van der Waals surface area contributed by atoms with E-state index in [1.807, 2.05) is 6.07 Å². The Morgan fingerprint density at radius 2 is 1.83 bits per heavy atom. The molecule has 1 aromatic heterocycles. The van der Waals surface area contributed by atoms with E-state index in [0.717, 1.165) is 23.1 Å². The molecule has 1 aliphatic carbocycles. The molecule has 0 amide bonds. The molecule has 4 rings (SSSR count). The molecule has 0 bridgehead atoms. The van der Waals surface area contributed by atoms with Gasteiger partial charge in [-0.05, 0) is 86.1 Å². The second-order valence-electron chi connectivity index (χ2n) is 10.9. The van der Waals surface area contributed by atoms with E-state index in [2.05, 4.69) is 38.7 Å². The lowest BCUT2D eigenvalue weighted by atomic mass is 9.65. The number of piperidine rings is 1. The average molecular weight is 411 g/mol. The van der Waals surface area contributed by atoms with Crippen molar-refractivity contribution in [1.82, 2.24) is 4.90 Å². The molecular weight excluding hydrogens is 368 g/mol. The maximum absolute atomic E-state index is 6.29. The number of aryl methyl sites for hydroxylation is 1. The molecule has 1 saturated heterocycles. The fraction of sp³-hybridized carbons (Fsp3) is 0.704. The predicted octanol–water partition coefficient (Wildman–Crippen LogP) is 6.96. The van der Waals surface area contributed by atoms with Crippen LogP contribution in [0.25, 0.3) is 11.0 Å². The number of hydrogen-bond donors (Lipinski definition) is 1. The van der Waals surface area contributed by atoms with Gasteiger partial charge >= 0.3 is 0 Å². The number of rotatable bonds is 6. The Hall–Kier alpha value is -1.48. The summed E-state index contributed by atoms with van der Waals surface area (Å²) in [5.74, 6) is 0.645. The number of nitrogen functional groups attached to an aromatic ring is 1. The molecule has 2 aromatic rings. The van der Waals surface area contributed by atoms with Crippen LogP contribution in [0.4, 0.5) is 5.69 Å². The maximum Gasteiger partial charge on any atom is 0.139 e. The van der Waals surface area contributed by atoms with Gasteiger partial charge < -0.3 is 15.1 Å². The Labute approximate surface area is 183 Å². The van der Waals surface area contributed by atoms with Gasteiger partial charge in [-0.3, -0.25) is 0 Å². The highest BCUT2D eigenvalue weighted by atomic mass is 16.3. The number of likely N-dealkylation sites (tertiary alicyclic amines) is 1. The van der Waals surface area contributed by atoms with Gasteiger partial charge in [-0.2, -0.15) is 0 Å². The molecule has 1 unspecified atom stereocenters. The standard InChI is InChI=1S/C27H42N2O/c1-5-27(12-14-29(15-13-27)19-26(4)10-7-6-8-11-26)21(3)18-22-17-20(2)24(28)23-9-16-30-25(22)23/h9,16-17,21H,5-8,10-15,18-19,28H2,1-4H3. The molecule has 166 valence electrons. The molecule has 0 radical (unpaired) electrons. The van der Waals surface area contributed by atoms with Gasteiger partial charge in [-0.15, -0.1) is 0 Å². The van der Waals surface area contributed by atoms with Crippen LogP contribution in [0.15, 0.2) is 22.8 Å². The average Bonchev–Trinajstić information content (AvgIpc) is 3.23. The Bertz CT molecular complexity index is 853. The zero-order valence-corrected chi connectivity index (χ0v) is 19.7.